The fraction of sp³-hybridized carbons (Fsp3) is 0.182. The highest BCUT2D eigenvalue weighted by atomic mass is 79.9. The largest absolute Gasteiger partial charge is 0.0619 e. The first-order valence-corrected chi connectivity index (χ1v) is 8.91. The van der Waals surface area contributed by atoms with Crippen LogP contribution in [0.5, 0.6) is 0 Å². The average molecular weight is 361 g/mol. The summed E-state index contributed by atoms with van der Waals surface area (Å²) in [5.41, 5.74) is 10.2. The monoisotopic (exact) mass is 360 g/mol. The summed E-state index contributed by atoms with van der Waals surface area (Å²) in [7, 11) is 0. The highest BCUT2D eigenvalue weighted by Crippen LogP contribution is 2.57. The maximum atomic E-state index is 3.67. The Labute approximate surface area is 145 Å². The molecule has 0 nitrogen and oxygen atoms in total. The molecule has 5 rings (SSSR count). The quantitative estimate of drug-likeness (QED) is 0.347. The number of benzene rings is 3. The van der Waals surface area contributed by atoms with Gasteiger partial charge in [-0.3, -0.25) is 0 Å². The molecule has 23 heavy (non-hydrogen) atoms. The summed E-state index contributed by atoms with van der Waals surface area (Å²) in [6.45, 7) is 4.72. The van der Waals surface area contributed by atoms with Gasteiger partial charge in [0.2, 0.25) is 0 Å². The third kappa shape index (κ3) is 1.61. The first kappa shape index (κ1) is 13.6. The molecule has 0 radical (unpaired) electrons. The highest BCUT2D eigenvalue weighted by Gasteiger charge is 2.42. The van der Waals surface area contributed by atoms with E-state index in [9.17, 15) is 0 Å². The number of fused-ring (bicyclic) bond motifs is 5. The molecule has 2 aliphatic carbocycles. The van der Waals surface area contributed by atoms with Crippen LogP contribution in [0.3, 0.4) is 0 Å². The summed E-state index contributed by atoms with van der Waals surface area (Å²) >= 11 is 3.67. The minimum atomic E-state index is 0.0533. The molecule has 0 saturated heterocycles. The van der Waals surface area contributed by atoms with Gasteiger partial charge >= 0.3 is 0 Å². The van der Waals surface area contributed by atoms with Crippen molar-refractivity contribution in [3.8, 4) is 11.1 Å². The molecule has 0 fully saturated rings. The lowest BCUT2D eigenvalue weighted by Gasteiger charge is -2.38. The minimum absolute atomic E-state index is 0.0533. The lowest BCUT2D eigenvalue weighted by Crippen LogP contribution is -2.28. The first-order valence-electron chi connectivity index (χ1n) is 8.11. The van der Waals surface area contributed by atoms with Crippen LogP contribution >= 0.6 is 15.9 Å². The second-order valence-electron chi connectivity index (χ2n) is 7.14. The van der Waals surface area contributed by atoms with Gasteiger partial charge in [-0.15, -0.1) is 0 Å². The van der Waals surface area contributed by atoms with E-state index < -0.39 is 0 Å². The summed E-state index contributed by atoms with van der Waals surface area (Å²) in [6, 6.07) is 22.5. The molecule has 0 saturated carbocycles. The predicted molar refractivity (Wildman–Crippen MR) is 99.1 cm³/mol. The van der Waals surface area contributed by atoms with Gasteiger partial charge < -0.3 is 0 Å². The fourth-order valence-corrected chi connectivity index (χ4v) is 4.99. The molecule has 0 heterocycles. The van der Waals surface area contributed by atoms with Crippen molar-refractivity contribution in [1.82, 2.24) is 0 Å². The van der Waals surface area contributed by atoms with Crippen molar-refractivity contribution in [2.24, 2.45) is 0 Å². The molecule has 1 heteroatoms. The number of halogens is 1. The van der Waals surface area contributed by atoms with Crippen LogP contribution in [0.25, 0.3) is 11.1 Å². The highest BCUT2D eigenvalue weighted by molar-refractivity contribution is 9.10. The van der Waals surface area contributed by atoms with Gasteiger partial charge in [-0.2, -0.15) is 0 Å². The van der Waals surface area contributed by atoms with Crippen molar-refractivity contribution in [1.29, 1.82) is 0 Å². The Bertz CT molecular complexity index is 965. The normalized spacial score (nSPS) is 19.0. The summed E-state index contributed by atoms with van der Waals surface area (Å²) in [4.78, 5) is 0. The van der Waals surface area contributed by atoms with Crippen molar-refractivity contribution in [2.75, 3.05) is 0 Å². The van der Waals surface area contributed by atoms with Gasteiger partial charge in [0, 0.05) is 15.8 Å². The van der Waals surface area contributed by atoms with Gasteiger partial charge in [-0.25, -0.2) is 0 Å². The summed E-state index contributed by atoms with van der Waals surface area (Å²) in [5.74, 6) is 0.373. The Balaban J connectivity index is 1.96. The zero-order valence-corrected chi connectivity index (χ0v) is 14.8. The number of hydrogen-bond donors (Lipinski definition) is 0. The van der Waals surface area contributed by atoms with Crippen LogP contribution in [0.15, 0.2) is 65.1 Å². The third-order valence-corrected chi connectivity index (χ3v) is 6.12. The Morgan fingerprint density at radius 1 is 0.783 bits per heavy atom. The summed E-state index contributed by atoms with van der Waals surface area (Å²) in [6.07, 6.45) is 0. The van der Waals surface area contributed by atoms with Gasteiger partial charge in [-0.1, -0.05) is 78.3 Å². The molecular formula is C22H17Br. The van der Waals surface area contributed by atoms with E-state index >= 15 is 0 Å². The van der Waals surface area contributed by atoms with Gasteiger partial charge in [-0.05, 0) is 51.1 Å². The van der Waals surface area contributed by atoms with Crippen LogP contribution in [-0.4, -0.2) is 0 Å². The zero-order chi connectivity index (χ0) is 15.8. The van der Waals surface area contributed by atoms with E-state index in [4.69, 9.17) is 0 Å². The van der Waals surface area contributed by atoms with Crippen LogP contribution in [0, 0.1) is 0 Å². The van der Waals surface area contributed by atoms with E-state index in [2.05, 4.69) is 90.4 Å². The summed E-state index contributed by atoms with van der Waals surface area (Å²) < 4.78 is 1.16. The lowest BCUT2D eigenvalue weighted by atomic mass is 9.65. The van der Waals surface area contributed by atoms with Crippen molar-refractivity contribution in [2.45, 2.75) is 25.2 Å². The molecule has 0 amide bonds. The SMILES string of the molecule is CC1(C)c2ccccc2C2c3cc(Br)ccc3-c3cccc1c32. The molecule has 0 aliphatic heterocycles. The van der Waals surface area contributed by atoms with E-state index in [0.29, 0.717) is 5.92 Å². The molecule has 2 aliphatic rings. The molecule has 3 aromatic carbocycles. The molecule has 1 atom stereocenters. The average Bonchev–Trinajstić information content (AvgIpc) is 2.87. The zero-order valence-electron chi connectivity index (χ0n) is 13.2. The minimum Gasteiger partial charge on any atom is -0.0619 e. The van der Waals surface area contributed by atoms with Crippen molar-refractivity contribution in [3.63, 3.8) is 0 Å². The molecule has 0 bridgehead atoms. The molecule has 0 spiro atoms. The molecule has 1 unspecified atom stereocenters. The Morgan fingerprint density at radius 3 is 2.43 bits per heavy atom. The summed E-state index contributed by atoms with van der Waals surface area (Å²) in [5, 5.41) is 0. The van der Waals surface area contributed by atoms with E-state index in [-0.39, 0.29) is 5.41 Å². The van der Waals surface area contributed by atoms with Crippen molar-refractivity contribution < 1.29 is 0 Å². The Morgan fingerprint density at radius 2 is 1.57 bits per heavy atom. The third-order valence-electron chi connectivity index (χ3n) is 5.63. The van der Waals surface area contributed by atoms with Crippen LogP contribution in [0.2, 0.25) is 0 Å². The van der Waals surface area contributed by atoms with Gasteiger partial charge in [0.1, 0.15) is 0 Å². The Hall–Kier alpha value is -1.86. The van der Waals surface area contributed by atoms with E-state index in [1.807, 2.05) is 0 Å². The maximum absolute atomic E-state index is 3.67. The van der Waals surface area contributed by atoms with Gasteiger partial charge in [0.05, 0.1) is 0 Å². The van der Waals surface area contributed by atoms with Crippen LogP contribution in [0.4, 0.5) is 0 Å². The van der Waals surface area contributed by atoms with Crippen LogP contribution < -0.4 is 0 Å². The maximum Gasteiger partial charge on any atom is 0.0358 e. The van der Waals surface area contributed by atoms with Crippen LogP contribution in [0.1, 0.15) is 47.6 Å². The van der Waals surface area contributed by atoms with Gasteiger partial charge in [0.25, 0.3) is 0 Å². The second-order valence-corrected chi connectivity index (χ2v) is 8.06. The van der Waals surface area contributed by atoms with Crippen LogP contribution in [-0.2, 0) is 5.41 Å². The lowest BCUT2D eigenvalue weighted by molar-refractivity contribution is 0.601. The first-order chi connectivity index (χ1) is 11.1. The number of hydrogen-bond acceptors (Lipinski definition) is 0. The van der Waals surface area contributed by atoms with Gasteiger partial charge in [0.15, 0.2) is 0 Å². The van der Waals surface area contributed by atoms with Crippen molar-refractivity contribution in [3.05, 3.63) is 93.0 Å². The molecular weight excluding hydrogens is 344 g/mol. The molecule has 0 aromatic heterocycles. The van der Waals surface area contributed by atoms with E-state index in [1.54, 1.807) is 0 Å². The standard InChI is InChI=1S/C22H17Br/c1-22(2)18-8-4-3-6-16(18)20-17-12-13(23)10-11-14(17)15-7-5-9-19(22)21(15)20/h3-12,20H,1-2H3. The predicted octanol–water partition coefficient (Wildman–Crippen LogP) is 6.25. The van der Waals surface area contributed by atoms with E-state index in [0.717, 1.165) is 4.47 Å². The second kappa shape index (κ2) is 4.36. The Kier molecular flexibility index (Phi) is 2.57. The fourth-order valence-electron chi connectivity index (χ4n) is 4.62. The topological polar surface area (TPSA) is 0 Å². The van der Waals surface area contributed by atoms with Crippen molar-refractivity contribution >= 4 is 15.9 Å². The van der Waals surface area contributed by atoms with E-state index in [1.165, 1.54) is 38.9 Å². The number of rotatable bonds is 0. The molecule has 112 valence electrons. The molecule has 0 N–H and O–H groups in total. The smallest absolute Gasteiger partial charge is 0.0358 e. The molecule has 3 aromatic rings.